The van der Waals surface area contributed by atoms with Crippen molar-refractivity contribution in [2.75, 3.05) is 0 Å². The van der Waals surface area contributed by atoms with Gasteiger partial charge in [-0.05, 0) is 36.8 Å². The SMILES string of the molecule is CC(NCc1cccc(C#N)c1)c1c(Cl)ccc(F)c1Cl. The minimum absolute atomic E-state index is 0.0354. The zero-order valence-electron chi connectivity index (χ0n) is 11.3. The highest BCUT2D eigenvalue weighted by Gasteiger charge is 2.16. The molecule has 2 rings (SSSR count). The van der Waals surface area contributed by atoms with Crippen LogP contribution in [0.15, 0.2) is 36.4 Å². The van der Waals surface area contributed by atoms with E-state index >= 15 is 0 Å². The summed E-state index contributed by atoms with van der Waals surface area (Å²) in [5, 5.41) is 12.6. The predicted molar refractivity (Wildman–Crippen MR) is 82.8 cm³/mol. The highest BCUT2D eigenvalue weighted by molar-refractivity contribution is 6.36. The Balaban J connectivity index is 2.14. The summed E-state index contributed by atoms with van der Waals surface area (Å²) in [4.78, 5) is 0. The molecule has 0 heterocycles. The fourth-order valence-corrected chi connectivity index (χ4v) is 2.76. The molecular formula is C16H13Cl2FN2. The van der Waals surface area contributed by atoms with Crippen LogP contribution in [0.1, 0.15) is 29.7 Å². The summed E-state index contributed by atoms with van der Waals surface area (Å²) in [7, 11) is 0. The van der Waals surface area contributed by atoms with Gasteiger partial charge in [-0.1, -0.05) is 35.3 Å². The molecule has 0 spiro atoms. The highest BCUT2D eigenvalue weighted by atomic mass is 35.5. The first kappa shape index (κ1) is 15.8. The summed E-state index contributed by atoms with van der Waals surface area (Å²) in [5.41, 5.74) is 2.10. The average molecular weight is 323 g/mol. The summed E-state index contributed by atoms with van der Waals surface area (Å²) >= 11 is 12.1. The lowest BCUT2D eigenvalue weighted by atomic mass is 10.1. The van der Waals surface area contributed by atoms with Crippen LogP contribution in [0, 0.1) is 17.1 Å². The van der Waals surface area contributed by atoms with E-state index < -0.39 is 5.82 Å². The third kappa shape index (κ3) is 3.74. The van der Waals surface area contributed by atoms with Crippen LogP contribution in [-0.2, 0) is 6.54 Å². The van der Waals surface area contributed by atoms with Crippen molar-refractivity contribution in [3.05, 3.63) is 69.0 Å². The molecule has 0 aliphatic heterocycles. The molecule has 1 atom stereocenters. The number of nitrogens with one attached hydrogen (secondary N) is 1. The van der Waals surface area contributed by atoms with E-state index in [4.69, 9.17) is 28.5 Å². The molecule has 0 aliphatic rings. The van der Waals surface area contributed by atoms with Gasteiger partial charge in [-0.25, -0.2) is 4.39 Å². The van der Waals surface area contributed by atoms with Crippen LogP contribution in [0.4, 0.5) is 4.39 Å². The van der Waals surface area contributed by atoms with Crippen molar-refractivity contribution >= 4 is 23.2 Å². The van der Waals surface area contributed by atoms with Crippen LogP contribution < -0.4 is 5.32 Å². The van der Waals surface area contributed by atoms with Crippen molar-refractivity contribution in [2.24, 2.45) is 0 Å². The number of benzene rings is 2. The quantitative estimate of drug-likeness (QED) is 0.816. The molecular weight excluding hydrogens is 310 g/mol. The summed E-state index contributed by atoms with van der Waals surface area (Å²) < 4.78 is 13.5. The first-order chi connectivity index (χ1) is 10.0. The zero-order valence-corrected chi connectivity index (χ0v) is 12.8. The lowest BCUT2D eigenvalue weighted by Crippen LogP contribution is -2.19. The van der Waals surface area contributed by atoms with Crippen molar-refractivity contribution in [1.29, 1.82) is 5.26 Å². The Labute approximate surface area is 133 Å². The normalized spacial score (nSPS) is 12.0. The molecule has 1 unspecified atom stereocenters. The Morgan fingerprint density at radius 2 is 2.05 bits per heavy atom. The van der Waals surface area contributed by atoms with Gasteiger partial charge in [-0.2, -0.15) is 5.26 Å². The van der Waals surface area contributed by atoms with E-state index in [2.05, 4.69) is 11.4 Å². The second-order valence-corrected chi connectivity index (χ2v) is 5.46. The second-order valence-electron chi connectivity index (χ2n) is 4.67. The molecule has 5 heteroatoms. The molecule has 2 nitrogen and oxygen atoms in total. The molecule has 2 aromatic carbocycles. The second kappa shape index (κ2) is 6.91. The maximum atomic E-state index is 13.5. The van der Waals surface area contributed by atoms with Crippen molar-refractivity contribution < 1.29 is 4.39 Å². The van der Waals surface area contributed by atoms with Crippen molar-refractivity contribution in [2.45, 2.75) is 19.5 Å². The molecule has 0 saturated heterocycles. The highest BCUT2D eigenvalue weighted by Crippen LogP contribution is 2.32. The van der Waals surface area contributed by atoms with Crippen LogP contribution in [0.5, 0.6) is 0 Å². The number of rotatable bonds is 4. The Morgan fingerprint density at radius 1 is 1.29 bits per heavy atom. The Morgan fingerprint density at radius 3 is 2.76 bits per heavy atom. The predicted octanol–water partition coefficient (Wildman–Crippen LogP) is 4.85. The molecule has 0 saturated carbocycles. The van der Waals surface area contributed by atoms with Gasteiger partial charge in [-0.3, -0.25) is 0 Å². The molecule has 0 radical (unpaired) electrons. The summed E-state index contributed by atoms with van der Waals surface area (Å²) in [6.45, 7) is 2.39. The van der Waals surface area contributed by atoms with E-state index in [1.165, 1.54) is 12.1 Å². The Hall–Kier alpha value is -1.60. The Bertz CT molecular complexity index is 695. The van der Waals surface area contributed by atoms with Gasteiger partial charge in [0.1, 0.15) is 5.82 Å². The Kier molecular flexibility index (Phi) is 5.19. The summed E-state index contributed by atoms with van der Waals surface area (Å²) in [5.74, 6) is -0.490. The van der Waals surface area contributed by atoms with E-state index in [9.17, 15) is 4.39 Å². The number of hydrogen-bond donors (Lipinski definition) is 1. The van der Waals surface area contributed by atoms with E-state index in [1.54, 1.807) is 12.1 Å². The third-order valence-corrected chi connectivity index (χ3v) is 3.89. The molecule has 0 fully saturated rings. The van der Waals surface area contributed by atoms with Gasteiger partial charge in [0.05, 0.1) is 16.7 Å². The molecule has 1 N–H and O–H groups in total. The van der Waals surface area contributed by atoms with Crippen LogP contribution in [0.25, 0.3) is 0 Å². The molecule has 0 aromatic heterocycles. The standard InChI is InChI=1S/C16H13Cl2FN2/c1-10(15-13(17)5-6-14(19)16(15)18)21-9-12-4-2-3-11(7-12)8-20/h2-7,10,21H,9H2,1H3. The maximum absolute atomic E-state index is 13.5. The molecule has 108 valence electrons. The lowest BCUT2D eigenvalue weighted by Gasteiger charge is -2.17. The maximum Gasteiger partial charge on any atom is 0.142 e. The minimum Gasteiger partial charge on any atom is -0.306 e. The zero-order chi connectivity index (χ0) is 15.4. The first-order valence-electron chi connectivity index (χ1n) is 6.38. The van der Waals surface area contributed by atoms with Crippen molar-refractivity contribution in [3.63, 3.8) is 0 Å². The number of halogens is 3. The smallest absolute Gasteiger partial charge is 0.142 e. The van der Waals surface area contributed by atoms with Gasteiger partial charge >= 0.3 is 0 Å². The van der Waals surface area contributed by atoms with Gasteiger partial charge in [0.2, 0.25) is 0 Å². The topological polar surface area (TPSA) is 35.8 Å². The van der Waals surface area contributed by atoms with Gasteiger partial charge in [0.25, 0.3) is 0 Å². The fourth-order valence-electron chi connectivity index (χ4n) is 2.06. The largest absolute Gasteiger partial charge is 0.306 e. The fraction of sp³-hybridized carbons (Fsp3) is 0.188. The van der Waals surface area contributed by atoms with E-state index in [-0.39, 0.29) is 11.1 Å². The van der Waals surface area contributed by atoms with Crippen LogP contribution in [0.3, 0.4) is 0 Å². The molecule has 0 bridgehead atoms. The van der Waals surface area contributed by atoms with Gasteiger partial charge < -0.3 is 5.32 Å². The molecule has 0 amide bonds. The van der Waals surface area contributed by atoms with E-state index in [0.717, 1.165) is 5.56 Å². The molecule has 21 heavy (non-hydrogen) atoms. The number of nitriles is 1. The lowest BCUT2D eigenvalue weighted by molar-refractivity contribution is 0.565. The molecule has 2 aromatic rings. The first-order valence-corrected chi connectivity index (χ1v) is 7.14. The third-order valence-electron chi connectivity index (χ3n) is 3.18. The average Bonchev–Trinajstić information content (AvgIpc) is 2.49. The minimum atomic E-state index is -0.490. The monoisotopic (exact) mass is 322 g/mol. The number of hydrogen-bond acceptors (Lipinski definition) is 2. The summed E-state index contributed by atoms with van der Waals surface area (Å²) in [6.07, 6.45) is 0. The van der Waals surface area contributed by atoms with Crippen molar-refractivity contribution in [3.8, 4) is 6.07 Å². The molecule has 0 aliphatic carbocycles. The van der Waals surface area contributed by atoms with Gasteiger partial charge in [-0.15, -0.1) is 0 Å². The summed E-state index contributed by atoms with van der Waals surface area (Å²) in [6, 6.07) is 11.9. The van der Waals surface area contributed by atoms with Gasteiger partial charge in [0, 0.05) is 23.2 Å². The van der Waals surface area contributed by atoms with E-state index in [1.807, 2.05) is 19.1 Å². The van der Waals surface area contributed by atoms with Gasteiger partial charge in [0.15, 0.2) is 0 Å². The van der Waals surface area contributed by atoms with Crippen LogP contribution >= 0.6 is 23.2 Å². The number of nitrogens with zero attached hydrogens (tertiary/aromatic N) is 1. The van der Waals surface area contributed by atoms with Crippen LogP contribution in [0.2, 0.25) is 10.0 Å². The van der Waals surface area contributed by atoms with Crippen LogP contribution in [-0.4, -0.2) is 0 Å². The van der Waals surface area contributed by atoms with Crippen molar-refractivity contribution in [1.82, 2.24) is 5.32 Å². The van der Waals surface area contributed by atoms with E-state index in [0.29, 0.717) is 22.7 Å².